The molecule has 0 saturated carbocycles. The molecule has 1 aliphatic heterocycles. The van der Waals surface area contributed by atoms with Crippen LogP contribution in [0.3, 0.4) is 0 Å². The van der Waals surface area contributed by atoms with Gasteiger partial charge in [0, 0.05) is 48.8 Å². The monoisotopic (exact) mass is 398 g/mol. The van der Waals surface area contributed by atoms with Crippen molar-refractivity contribution in [3.63, 3.8) is 0 Å². The Morgan fingerprint density at radius 1 is 1.18 bits per heavy atom. The van der Waals surface area contributed by atoms with E-state index in [1.165, 1.54) is 0 Å². The summed E-state index contributed by atoms with van der Waals surface area (Å²) in [5.74, 6) is -0.0264. The largest absolute Gasteiger partial charge is 0.490 e. The van der Waals surface area contributed by atoms with Crippen molar-refractivity contribution >= 4 is 28.5 Å². The number of carbonyl (C=O) groups is 1. The lowest BCUT2D eigenvalue weighted by molar-refractivity contribution is 0.0698. The molecule has 4 rings (SSSR count). The second kappa shape index (κ2) is 7.86. The van der Waals surface area contributed by atoms with Gasteiger partial charge in [0.25, 0.3) is 0 Å². The topological polar surface area (TPSA) is 54.7 Å². The molecular weight excluding hydrogens is 376 g/mol. The average molecular weight is 399 g/mol. The molecule has 1 aromatic heterocycles. The van der Waals surface area contributed by atoms with Gasteiger partial charge in [0.1, 0.15) is 11.9 Å². The quantitative estimate of drug-likeness (QED) is 0.683. The maximum atomic E-state index is 11.5. The van der Waals surface area contributed by atoms with Gasteiger partial charge in [0.15, 0.2) is 0 Å². The molecule has 6 heteroatoms. The summed E-state index contributed by atoms with van der Waals surface area (Å²) in [5, 5.41) is 10.9. The van der Waals surface area contributed by atoms with Crippen molar-refractivity contribution in [1.29, 1.82) is 0 Å². The smallest absolute Gasteiger partial charge is 0.337 e. The van der Waals surface area contributed by atoms with Crippen LogP contribution in [-0.2, 0) is 13.6 Å². The molecular formula is C22H23ClN2O3. The predicted octanol–water partition coefficient (Wildman–Crippen LogP) is 4.57. The molecule has 5 nitrogen and oxygen atoms in total. The summed E-state index contributed by atoms with van der Waals surface area (Å²) < 4.78 is 7.92. The third-order valence-electron chi connectivity index (χ3n) is 5.34. The van der Waals surface area contributed by atoms with Crippen LogP contribution in [0, 0.1) is 0 Å². The second-order valence-corrected chi connectivity index (χ2v) is 7.79. The highest BCUT2D eigenvalue weighted by Gasteiger charge is 2.21. The molecule has 28 heavy (non-hydrogen) atoms. The number of fused-ring (bicyclic) bond motifs is 1. The van der Waals surface area contributed by atoms with Gasteiger partial charge < -0.3 is 14.4 Å². The number of likely N-dealkylation sites (tertiary alicyclic amines) is 1. The van der Waals surface area contributed by atoms with Crippen molar-refractivity contribution in [2.45, 2.75) is 25.5 Å². The molecule has 2 heterocycles. The van der Waals surface area contributed by atoms with Crippen LogP contribution in [0.15, 0.2) is 48.7 Å². The van der Waals surface area contributed by atoms with Crippen molar-refractivity contribution in [3.8, 4) is 5.75 Å². The molecule has 0 atom stereocenters. The van der Waals surface area contributed by atoms with Gasteiger partial charge in [0.05, 0.1) is 5.56 Å². The van der Waals surface area contributed by atoms with Crippen LogP contribution in [-0.4, -0.2) is 39.7 Å². The summed E-state index contributed by atoms with van der Waals surface area (Å²) in [7, 11) is 1.87. The fourth-order valence-corrected chi connectivity index (χ4v) is 3.98. The second-order valence-electron chi connectivity index (χ2n) is 7.36. The predicted molar refractivity (Wildman–Crippen MR) is 110 cm³/mol. The van der Waals surface area contributed by atoms with Crippen molar-refractivity contribution in [2.24, 2.45) is 7.05 Å². The Hall–Kier alpha value is -2.50. The zero-order valence-electron chi connectivity index (χ0n) is 15.8. The van der Waals surface area contributed by atoms with Gasteiger partial charge in [-0.15, -0.1) is 0 Å². The number of aromatic nitrogens is 1. The van der Waals surface area contributed by atoms with Gasteiger partial charge in [-0.2, -0.15) is 0 Å². The molecule has 1 saturated heterocycles. The van der Waals surface area contributed by atoms with Crippen molar-refractivity contribution in [2.75, 3.05) is 13.1 Å². The molecule has 0 spiro atoms. The first-order valence-corrected chi connectivity index (χ1v) is 9.83. The molecule has 1 aliphatic rings. The number of piperidine rings is 1. The lowest BCUT2D eigenvalue weighted by atomic mass is 10.1. The number of carboxylic acid groups (broad SMARTS) is 1. The molecule has 1 fully saturated rings. The van der Waals surface area contributed by atoms with E-state index >= 15 is 0 Å². The highest BCUT2D eigenvalue weighted by molar-refractivity contribution is 6.30. The zero-order valence-corrected chi connectivity index (χ0v) is 16.5. The van der Waals surface area contributed by atoms with Gasteiger partial charge in [-0.3, -0.25) is 4.90 Å². The highest BCUT2D eigenvalue weighted by atomic mass is 35.5. The number of benzene rings is 2. The molecule has 2 aromatic carbocycles. The first-order chi connectivity index (χ1) is 13.5. The van der Waals surface area contributed by atoms with Gasteiger partial charge in [-0.1, -0.05) is 17.7 Å². The maximum Gasteiger partial charge on any atom is 0.337 e. The van der Waals surface area contributed by atoms with E-state index in [0.29, 0.717) is 10.6 Å². The average Bonchev–Trinajstić information content (AvgIpc) is 3.02. The van der Waals surface area contributed by atoms with Crippen LogP contribution in [0.1, 0.15) is 28.8 Å². The van der Waals surface area contributed by atoms with Gasteiger partial charge >= 0.3 is 5.97 Å². The number of aromatic carboxylic acids is 1. The number of nitrogens with zero attached hydrogens (tertiary/aromatic N) is 2. The number of ether oxygens (including phenoxy) is 1. The van der Waals surface area contributed by atoms with Gasteiger partial charge in [-0.25, -0.2) is 4.79 Å². The van der Waals surface area contributed by atoms with E-state index < -0.39 is 5.97 Å². The fraction of sp³-hybridized carbons (Fsp3) is 0.318. The van der Waals surface area contributed by atoms with E-state index in [1.807, 2.05) is 48.0 Å². The lowest BCUT2D eigenvalue weighted by Crippen LogP contribution is -2.37. The summed E-state index contributed by atoms with van der Waals surface area (Å²) in [5.41, 5.74) is 2.43. The minimum Gasteiger partial charge on any atom is -0.490 e. The van der Waals surface area contributed by atoms with Gasteiger partial charge in [0.2, 0.25) is 0 Å². The van der Waals surface area contributed by atoms with E-state index in [1.54, 1.807) is 6.20 Å². The summed E-state index contributed by atoms with van der Waals surface area (Å²) in [4.78, 5) is 13.9. The summed E-state index contributed by atoms with van der Waals surface area (Å²) >= 11 is 5.92. The number of aryl methyl sites for hydroxylation is 1. The maximum absolute atomic E-state index is 11.5. The Balaban J connectivity index is 1.38. The Kier molecular flexibility index (Phi) is 5.29. The van der Waals surface area contributed by atoms with Crippen LogP contribution >= 0.6 is 11.6 Å². The summed E-state index contributed by atoms with van der Waals surface area (Å²) in [6.45, 7) is 2.73. The molecule has 0 amide bonds. The van der Waals surface area contributed by atoms with Crippen LogP contribution in [0.2, 0.25) is 5.02 Å². The third kappa shape index (κ3) is 4.01. The Bertz CT molecular complexity index is 989. The fourth-order valence-electron chi connectivity index (χ4n) is 3.86. The lowest BCUT2D eigenvalue weighted by Gasteiger charge is -2.32. The molecule has 0 bridgehead atoms. The molecule has 0 aliphatic carbocycles. The van der Waals surface area contributed by atoms with Crippen LogP contribution < -0.4 is 4.74 Å². The Morgan fingerprint density at radius 2 is 1.89 bits per heavy atom. The number of hydrogen-bond acceptors (Lipinski definition) is 3. The third-order valence-corrected chi connectivity index (χ3v) is 5.59. The standard InChI is InChI=1S/C22H23ClN2O3/c1-24-14-20(22(26)27)19-12-15(2-7-21(19)24)13-25-10-8-18(9-11-25)28-17-5-3-16(23)4-6-17/h2-7,12,14,18H,8-11,13H2,1H3,(H,26,27). The SMILES string of the molecule is Cn1cc(C(=O)O)c2cc(CN3CCC(Oc4ccc(Cl)cc4)CC3)ccc21. The molecule has 3 aromatic rings. The normalized spacial score (nSPS) is 15.8. The van der Waals surface area contributed by atoms with E-state index in [0.717, 1.165) is 54.7 Å². The Labute approximate surface area is 169 Å². The van der Waals surface area contributed by atoms with Crippen molar-refractivity contribution < 1.29 is 14.6 Å². The van der Waals surface area contributed by atoms with Crippen LogP contribution in [0.4, 0.5) is 0 Å². The number of hydrogen-bond donors (Lipinski definition) is 1. The minimum absolute atomic E-state index is 0.215. The van der Waals surface area contributed by atoms with E-state index in [2.05, 4.69) is 11.0 Å². The molecule has 146 valence electrons. The number of rotatable bonds is 5. The van der Waals surface area contributed by atoms with Crippen LogP contribution in [0.5, 0.6) is 5.75 Å². The van der Waals surface area contributed by atoms with Crippen LogP contribution in [0.25, 0.3) is 10.9 Å². The van der Waals surface area contributed by atoms with Gasteiger partial charge in [-0.05, 0) is 54.8 Å². The minimum atomic E-state index is -0.886. The highest BCUT2D eigenvalue weighted by Crippen LogP contribution is 2.25. The Morgan fingerprint density at radius 3 is 2.57 bits per heavy atom. The van der Waals surface area contributed by atoms with E-state index in [9.17, 15) is 9.90 Å². The molecule has 0 unspecified atom stereocenters. The van der Waals surface area contributed by atoms with E-state index in [4.69, 9.17) is 16.3 Å². The summed E-state index contributed by atoms with van der Waals surface area (Å²) in [6, 6.07) is 13.6. The zero-order chi connectivity index (χ0) is 19.7. The molecule has 0 radical (unpaired) electrons. The number of carboxylic acids is 1. The first-order valence-electron chi connectivity index (χ1n) is 9.45. The first kappa shape index (κ1) is 18.8. The summed E-state index contributed by atoms with van der Waals surface area (Å²) in [6.07, 6.45) is 3.83. The van der Waals surface area contributed by atoms with Crippen molar-refractivity contribution in [3.05, 3.63) is 64.8 Å². The van der Waals surface area contributed by atoms with E-state index in [-0.39, 0.29) is 6.10 Å². The number of halogens is 1. The molecule has 1 N–H and O–H groups in total. The van der Waals surface area contributed by atoms with Crippen molar-refractivity contribution in [1.82, 2.24) is 9.47 Å².